The highest BCUT2D eigenvalue weighted by molar-refractivity contribution is 6.12. The number of fused-ring (bicyclic) bond motifs is 3. The van der Waals surface area contributed by atoms with Gasteiger partial charge < -0.3 is 14.7 Å². The minimum absolute atomic E-state index is 0.0411. The van der Waals surface area contributed by atoms with Crippen LogP contribution < -0.4 is 4.90 Å². The normalized spacial score (nSPS) is 26.5. The predicted molar refractivity (Wildman–Crippen MR) is 118 cm³/mol. The number of hydrogen-bond acceptors (Lipinski definition) is 4. The molecule has 30 heavy (non-hydrogen) atoms. The molecular formula is C24H32N4O2. The van der Waals surface area contributed by atoms with Crippen LogP contribution in [0, 0.1) is 0 Å². The highest BCUT2D eigenvalue weighted by Gasteiger charge is 2.59. The van der Waals surface area contributed by atoms with Crippen molar-refractivity contribution in [3.8, 4) is 0 Å². The van der Waals surface area contributed by atoms with Gasteiger partial charge in [-0.2, -0.15) is 0 Å². The Labute approximate surface area is 178 Å². The van der Waals surface area contributed by atoms with Gasteiger partial charge >= 0.3 is 0 Å². The molecular weight excluding hydrogens is 376 g/mol. The monoisotopic (exact) mass is 408 g/mol. The SMILES string of the molecule is CCCCN1C(CN2C(=O)C3(CN(C(C)=O)C3)c3ccccc32)=NC2CCCCC21. The van der Waals surface area contributed by atoms with Crippen molar-refractivity contribution in [1.82, 2.24) is 9.80 Å². The van der Waals surface area contributed by atoms with Gasteiger partial charge in [0.1, 0.15) is 11.3 Å². The Hall–Kier alpha value is -2.37. The Balaban J connectivity index is 1.43. The smallest absolute Gasteiger partial charge is 0.241 e. The van der Waals surface area contributed by atoms with E-state index in [2.05, 4.69) is 24.0 Å². The van der Waals surface area contributed by atoms with Crippen molar-refractivity contribution in [2.24, 2.45) is 4.99 Å². The van der Waals surface area contributed by atoms with Crippen LogP contribution in [0.5, 0.6) is 0 Å². The number of carbonyl (C=O) groups excluding carboxylic acids is 2. The summed E-state index contributed by atoms with van der Waals surface area (Å²) in [5.74, 6) is 1.26. The number of para-hydroxylation sites is 1. The highest BCUT2D eigenvalue weighted by Crippen LogP contribution is 2.47. The molecule has 2 amide bonds. The van der Waals surface area contributed by atoms with E-state index in [1.165, 1.54) is 25.7 Å². The number of carbonyl (C=O) groups is 2. The number of anilines is 1. The summed E-state index contributed by atoms with van der Waals surface area (Å²) in [6, 6.07) is 9.03. The lowest BCUT2D eigenvalue weighted by Crippen LogP contribution is -2.65. The van der Waals surface area contributed by atoms with Crippen molar-refractivity contribution in [3.63, 3.8) is 0 Å². The maximum Gasteiger partial charge on any atom is 0.241 e. The van der Waals surface area contributed by atoms with Gasteiger partial charge in [0.05, 0.1) is 18.6 Å². The van der Waals surface area contributed by atoms with Crippen LogP contribution in [-0.4, -0.2) is 65.7 Å². The lowest BCUT2D eigenvalue weighted by Gasteiger charge is -2.46. The molecule has 0 bridgehead atoms. The van der Waals surface area contributed by atoms with E-state index in [0.717, 1.165) is 36.5 Å². The van der Waals surface area contributed by atoms with Crippen LogP contribution >= 0.6 is 0 Å². The molecule has 2 fully saturated rings. The standard InChI is InChI=1S/C24H32N4O2/c1-3-4-13-27-21-12-8-6-10-19(21)25-22(27)14-28-20-11-7-5-9-18(20)24(23(28)30)15-26(16-24)17(2)29/h5,7,9,11,19,21H,3-4,6,8,10,12-16H2,1-2H3. The molecule has 1 saturated carbocycles. The van der Waals surface area contributed by atoms with Crippen LogP contribution in [0.15, 0.2) is 29.3 Å². The fourth-order valence-electron chi connectivity index (χ4n) is 5.85. The number of rotatable bonds is 5. The third kappa shape index (κ3) is 2.87. The molecule has 0 aromatic heterocycles. The average Bonchev–Trinajstić information content (AvgIpc) is 3.18. The van der Waals surface area contributed by atoms with Crippen LogP contribution in [0.1, 0.15) is 57.9 Å². The van der Waals surface area contributed by atoms with Crippen LogP contribution in [0.3, 0.4) is 0 Å². The molecule has 6 nitrogen and oxygen atoms in total. The van der Waals surface area contributed by atoms with Gasteiger partial charge in [-0.15, -0.1) is 0 Å². The van der Waals surface area contributed by atoms with Crippen molar-refractivity contribution in [2.45, 2.75) is 69.9 Å². The van der Waals surface area contributed by atoms with E-state index < -0.39 is 5.41 Å². The number of amides is 2. The van der Waals surface area contributed by atoms with Crippen LogP contribution in [0.4, 0.5) is 5.69 Å². The lowest BCUT2D eigenvalue weighted by molar-refractivity contribution is -0.142. The molecule has 4 aliphatic rings. The second-order valence-corrected chi connectivity index (χ2v) is 9.38. The predicted octanol–water partition coefficient (Wildman–Crippen LogP) is 2.96. The van der Waals surface area contributed by atoms with E-state index in [0.29, 0.717) is 31.7 Å². The van der Waals surface area contributed by atoms with Crippen molar-refractivity contribution in [2.75, 3.05) is 31.1 Å². The van der Waals surface area contributed by atoms with Crippen molar-refractivity contribution >= 4 is 23.3 Å². The molecule has 0 N–H and O–H groups in total. The second-order valence-electron chi connectivity index (χ2n) is 9.38. The summed E-state index contributed by atoms with van der Waals surface area (Å²) >= 11 is 0. The molecule has 1 aromatic carbocycles. The molecule has 3 aliphatic heterocycles. The fraction of sp³-hybridized carbons (Fsp3) is 0.625. The van der Waals surface area contributed by atoms with Gasteiger partial charge in [0.15, 0.2) is 0 Å². The Kier molecular flexibility index (Phi) is 4.83. The summed E-state index contributed by atoms with van der Waals surface area (Å²) in [7, 11) is 0. The molecule has 3 heterocycles. The quantitative estimate of drug-likeness (QED) is 0.753. The number of nitrogens with zero attached hydrogens (tertiary/aromatic N) is 4. The molecule has 1 saturated heterocycles. The first-order chi connectivity index (χ1) is 14.5. The number of aliphatic imine (C=N–C) groups is 1. The zero-order chi connectivity index (χ0) is 20.9. The largest absolute Gasteiger partial charge is 0.354 e. The van der Waals surface area contributed by atoms with E-state index in [1.54, 1.807) is 11.8 Å². The van der Waals surface area contributed by atoms with Gasteiger partial charge in [-0.25, -0.2) is 0 Å². The Morgan fingerprint density at radius 2 is 1.97 bits per heavy atom. The van der Waals surface area contributed by atoms with Gasteiger partial charge in [-0.3, -0.25) is 14.6 Å². The summed E-state index contributed by atoms with van der Waals surface area (Å²) in [5.41, 5.74) is 1.50. The molecule has 0 radical (unpaired) electrons. The summed E-state index contributed by atoms with van der Waals surface area (Å²) in [4.78, 5) is 36.8. The van der Waals surface area contributed by atoms with Crippen molar-refractivity contribution in [1.29, 1.82) is 0 Å². The van der Waals surface area contributed by atoms with Gasteiger partial charge in [-0.05, 0) is 30.9 Å². The highest BCUT2D eigenvalue weighted by atomic mass is 16.2. The van der Waals surface area contributed by atoms with E-state index in [1.807, 2.05) is 17.0 Å². The van der Waals surface area contributed by atoms with Gasteiger partial charge in [0.2, 0.25) is 11.8 Å². The number of unbranched alkanes of at least 4 members (excludes halogenated alkanes) is 1. The van der Waals surface area contributed by atoms with Crippen LogP contribution in [0.2, 0.25) is 0 Å². The Morgan fingerprint density at radius 1 is 1.20 bits per heavy atom. The fourth-order valence-corrected chi connectivity index (χ4v) is 5.85. The maximum atomic E-state index is 13.7. The van der Waals surface area contributed by atoms with Gasteiger partial charge in [0, 0.05) is 32.2 Å². The van der Waals surface area contributed by atoms with Crippen molar-refractivity contribution in [3.05, 3.63) is 29.8 Å². The van der Waals surface area contributed by atoms with Crippen LogP contribution in [-0.2, 0) is 15.0 Å². The first-order valence-electron chi connectivity index (χ1n) is 11.6. The summed E-state index contributed by atoms with van der Waals surface area (Å²) in [6.07, 6.45) is 7.24. The third-order valence-electron chi connectivity index (χ3n) is 7.52. The number of amidine groups is 1. The first-order valence-corrected chi connectivity index (χ1v) is 11.6. The zero-order valence-electron chi connectivity index (χ0n) is 18.1. The molecule has 1 aromatic rings. The summed E-state index contributed by atoms with van der Waals surface area (Å²) in [5, 5.41) is 0. The molecule has 6 heteroatoms. The Bertz CT molecular complexity index is 889. The van der Waals surface area contributed by atoms with Crippen LogP contribution in [0.25, 0.3) is 0 Å². The molecule has 2 atom stereocenters. The molecule has 2 unspecified atom stereocenters. The molecule has 1 aliphatic carbocycles. The maximum absolute atomic E-state index is 13.7. The number of likely N-dealkylation sites (tertiary alicyclic amines) is 1. The van der Waals surface area contributed by atoms with Gasteiger partial charge in [-0.1, -0.05) is 44.4 Å². The summed E-state index contributed by atoms with van der Waals surface area (Å²) in [6.45, 7) is 6.37. The minimum atomic E-state index is -0.567. The summed E-state index contributed by atoms with van der Waals surface area (Å²) < 4.78 is 0. The lowest BCUT2D eigenvalue weighted by atomic mass is 9.74. The van der Waals surface area contributed by atoms with E-state index in [-0.39, 0.29) is 11.8 Å². The molecule has 5 rings (SSSR count). The van der Waals surface area contributed by atoms with Gasteiger partial charge in [0.25, 0.3) is 0 Å². The number of hydrogen-bond donors (Lipinski definition) is 0. The van der Waals surface area contributed by atoms with E-state index >= 15 is 0 Å². The zero-order valence-corrected chi connectivity index (χ0v) is 18.1. The van der Waals surface area contributed by atoms with Crippen molar-refractivity contribution < 1.29 is 9.59 Å². The second kappa shape index (κ2) is 7.40. The van der Waals surface area contributed by atoms with E-state index in [4.69, 9.17) is 4.99 Å². The number of benzene rings is 1. The first kappa shape index (κ1) is 19.6. The Morgan fingerprint density at radius 3 is 2.73 bits per heavy atom. The van der Waals surface area contributed by atoms with E-state index in [9.17, 15) is 9.59 Å². The third-order valence-corrected chi connectivity index (χ3v) is 7.52. The topological polar surface area (TPSA) is 56.2 Å². The molecule has 160 valence electrons. The minimum Gasteiger partial charge on any atom is -0.354 e. The average molecular weight is 409 g/mol. The molecule has 1 spiro atoms.